The number of carbonyl (C=O) groups excluding carboxylic acids is 1. The van der Waals surface area contributed by atoms with Crippen molar-refractivity contribution < 1.29 is 57.8 Å². The number of hydrogen-bond donors (Lipinski definition) is 8. The molecule has 2 amide bonds. The number of urea groups is 1. The Balaban J connectivity index is 1.17. The first kappa shape index (κ1) is 39.7. The first-order valence-electron chi connectivity index (χ1n) is 15.8. The molecule has 0 heterocycles. The number of hydrogen-bond acceptors (Lipinski definition) is 13. The fourth-order valence-corrected chi connectivity index (χ4v) is 9.76. The summed E-state index contributed by atoms with van der Waals surface area (Å²) in [6.07, 6.45) is 0. The second kappa shape index (κ2) is 14.3. The minimum atomic E-state index is -4.72. The minimum absolute atomic E-state index is 0.0611. The highest BCUT2D eigenvalue weighted by Gasteiger charge is 2.26. The van der Waals surface area contributed by atoms with E-state index in [0.29, 0.717) is 10.8 Å². The van der Waals surface area contributed by atoms with Crippen molar-refractivity contribution in [2.45, 2.75) is 33.4 Å². The van der Waals surface area contributed by atoms with Gasteiger partial charge in [0.2, 0.25) is 0 Å². The summed E-state index contributed by atoms with van der Waals surface area (Å²) in [5.41, 5.74) is 1.14. The molecule has 292 valence electrons. The van der Waals surface area contributed by atoms with Gasteiger partial charge in [-0.05, 0) is 121 Å². The molecule has 0 unspecified atom stereocenters. The number of phenolic OH excluding ortho intramolecular Hbond substituents is 2. The lowest BCUT2D eigenvalue weighted by molar-refractivity contribution is 0.250. The number of amides is 2. The molecule has 0 atom stereocenters. The Morgan fingerprint density at radius 2 is 0.839 bits per heavy atom. The van der Waals surface area contributed by atoms with Crippen LogP contribution in [0.5, 0.6) is 11.5 Å². The molecule has 8 N–H and O–H groups in total. The third-order valence-corrected chi connectivity index (χ3v) is 13.1. The van der Waals surface area contributed by atoms with Crippen molar-refractivity contribution in [1.82, 2.24) is 9.44 Å². The van der Waals surface area contributed by atoms with Gasteiger partial charge >= 0.3 is 6.03 Å². The van der Waals surface area contributed by atoms with Gasteiger partial charge in [-0.15, -0.1) is 0 Å². The maximum Gasteiger partial charge on any atom is 0.342 e. The molecule has 0 spiro atoms. The van der Waals surface area contributed by atoms with Crippen LogP contribution in [0.25, 0.3) is 21.5 Å². The van der Waals surface area contributed by atoms with Crippen LogP contribution < -0.4 is 20.1 Å². The maximum atomic E-state index is 13.2. The zero-order valence-corrected chi connectivity index (χ0v) is 32.1. The van der Waals surface area contributed by atoms with E-state index >= 15 is 0 Å². The summed E-state index contributed by atoms with van der Waals surface area (Å²) in [5, 5.41) is 26.2. The van der Waals surface area contributed by atoms with Gasteiger partial charge in [-0.1, -0.05) is 12.1 Å². The van der Waals surface area contributed by atoms with Gasteiger partial charge in [0.15, 0.2) is 0 Å². The van der Waals surface area contributed by atoms with Crippen molar-refractivity contribution in [3.63, 3.8) is 0 Å². The molecule has 0 radical (unpaired) electrons. The molecule has 0 aliphatic rings. The van der Waals surface area contributed by atoms with Crippen LogP contribution in [0.2, 0.25) is 0 Å². The molecular formula is C35H30N4O13S4. The normalized spacial score (nSPS) is 12.4. The molecule has 0 aromatic heterocycles. The number of benzene rings is 6. The Kier molecular flexibility index (Phi) is 10.1. The zero-order valence-electron chi connectivity index (χ0n) is 28.8. The summed E-state index contributed by atoms with van der Waals surface area (Å²) in [6.45, 7) is 2.79. The van der Waals surface area contributed by atoms with Gasteiger partial charge in [-0.3, -0.25) is 9.11 Å². The number of aryl methyl sites for hydroxylation is 2. The lowest BCUT2D eigenvalue weighted by Gasteiger charge is -2.15. The van der Waals surface area contributed by atoms with Gasteiger partial charge in [0.05, 0.1) is 9.79 Å². The molecule has 6 rings (SSSR count). The molecule has 56 heavy (non-hydrogen) atoms. The summed E-state index contributed by atoms with van der Waals surface area (Å²) in [7, 11) is -18.7. The second-order valence-corrected chi connectivity index (χ2v) is 18.5. The summed E-state index contributed by atoms with van der Waals surface area (Å²) in [5.74, 6) is -0.448. The van der Waals surface area contributed by atoms with E-state index in [1.807, 2.05) is 0 Å². The Morgan fingerprint density at radius 1 is 0.464 bits per heavy atom. The molecule has 0 fully saturated rings. The van der Waals surface area contributed by atoms with Crippen LogP contribution in [0.4, 0.5) is 27.5 Å². The quantitative estimate of drug-likeness (QED) is 0.0804. The van der Waals surface area contributed by atoms with Crippen LogP contribution in [0.1, 0.15) is 11.1 Å². The molecule has 0 bridgehead atoms. The number of carbonyl (C=O) groups is 1. The SMILES string of the molecule is Cc1cc(Nc2cc(S(=O)(=O)O)c3cc(O)ccc3c2)ccc1S(=O)(=O)NC(=O)NS(=O)(=O)c1ccc(Nc2cc(S(=O)(=O)O)c3cc(O)ccc3c2)cc1C. The monoisotopic (exact) mass is 842 g/mol. The zero-order chi connectivity index (χ0) is 41.0. The van der Waals surface area contributed by atoms with E-state index in [2.05, 4.69) is 10.6 Å². The molecule has 0 aliphatic heterocycles. The summed E-state index contributed by atoms with van der Waals surface area (Å²) in [4.78, 5) is 11.0. The van der Waals surface area contributed by atoms with Gasteiger partial charge < -0.3 is 20.8 Å². The van der Waals surface area contributed by atoms with Gasteiger partial charge in [0.25, 0.3) is 40.3 Å². The highest BCUT2D eigenvalue weighted by atomic mass is 32.2. The predicted molar refractivity (Wildman–Crippen MR) is 206 cm³/mol. The number of fused-ring (bicyclic) bond motifs is 2. The van der Waals surface area contributed by atoms with Gasteiger partial charge in [0, 0.05) is 33.5 Å². The number of anilines is 4. The van der Waals surface area contributed by atoms with Crippen molar-refractivity contribution in [1.29, 1.82) is 0 Å². The average molecular weight is 843 g/mol. The lowest BCUT2D eigenvalue weighted by atomic mass is 10.1. The number of sulfonamides is 2. The van der Waals surface area contributed by atoms with Gasteiger partial charge in [0.1, 0.15) is 21.3 Å². The Hall–Kier alpha value is -5.97. The number of nitrogens with one attached hydrogen (secondary N) is 4. The van der Waals surface area contributed by atoms with Crippen molar-refractivity contribution in [2.24, 2.45) is 0 Å². The van der Waals surface area contributed by atoms with E-state index in [-0.39, 0.29) is 56.1 Å². The molecular weight excluding hydrogens is 813 g/mol. The van der Waals surface area contributed by atoms with Crippen molar-refractivity contribution in [3.05, 3.63) is 108 Å². The predicted octanol–water partition coefficient (Wildman–Crippen LogP) is 5.38. The van der Waals surface area contributed by atoms with Crippen LogP contribution >= 0.6 is 0 Å². The van der Waals surface area contributed by atoms with E-state index in [1.165, 1.54) is 86.6 Å². The maximum absolute atomic E-state index is 13.2. The average Bonchev–Trinajstić information content (AvgIpc) is 3.06. The first-order valence-corrected chi connectivity index (χ1v) is 21.7. The van der Waals surface area contributed by atoms with Crippen molar-refractivity contribution in [2.75, 3.05) is 10.6 Å². The van der Waals surface area contributed by atoms with Gasteiger partial charge in [-0.25, -0.2) is 31.1 Å². The van der Waals surface area contributed by atoms with E-state index in [1.54, 1.807) is 9.44 Å². The standard InChI is InChI=1S/C35H30N4O13S4/c1-19-11-23(36-25-13-21-3-7-27(40)17-29(21)33(15-25)55(47,48)49)5-9-31(19)53(43,44)38-35(42)39-54(45,46)32-10-6-24(12-20(32)2)37-26-14-22-4-8-28(41)18-30(22)34(16-26)56(50,51)52/h3-18,36-37,40-41H,1-2H3,(H2,38,39,42)(H,47,48,49)(H,50,51,52). The second-order valence-electron chi connectivity index (χ2n) is 12.5. The van der Waals surface area contributed by atoms with Crippen LogP contribution in [0.3, 0.4) is 0 Å². The largest absolute Gasteiger partial charge is 0.508 e. The fraction of sp³-hybridized carbons (Fsp3) is 0.0571. The first-order chi connectivity index (χ1) is 26.0. The summed E-state index contributed by atoms with van der Waals surface area (Å²) < 4.78 is 124. The topological polar surface area (TPSA) is 283 Å². The lowest BCUT2D eigenvalue weighted by Crippen LogP contribution is -2.42. The third-order valence-electron chi connectivity index (χ3n) is 8.32. The molecule has 6 aromatic carbocycles. The summed E-state index contributed by atoms with van der Waals surface area (Å²) >= 11 is 0. The Labute approximate surface area is 320 Å². The highest BCUT2D eigenvalue weighted by molar-refractivity contribution is 7.91. The van der Waals surface area contributed by atoms with Crippen LogP contribution in [0.15, 0.2) is 117 Å². The minimum Gasteiger partial charge on any atom is -0.508 e. The van der Waals surface area contributed by atoms with Crippen molar-refractivity contribution >= 4 is 90.6 Å². The number of phenols is 2. The molecule has 6 aromatic rings. The molecule has 21 heteroatoms. The van der Waals surface area contributed by atoms with E-state index < -0.39 is 65.9 Å². The Morgan fingerprint density at radius 3 is 1.18 bits per heavy atom. The number of aromatic hydroxyl groups is 2. The molecule has 0 saturated heterocycles. The van der Waals surface area contributed by atoms with E-state index in [0.717, 1.165) is 24.3 Å². The molecule has 17 nitrogen and oxygen atoms in total. The van der Waals surface area contributed by atoms with Gasteiger partial charge in [-0.2, -0.15) is 16.8 Å². The molecule has 0 saturated carbocycles. The highest BCUT2D eigenvalue weighted by Crippen LogP contribution is 2.34. The smallest absolute Gasteiger partial charge is 0.342 e. The summed E-state index contributed by atoms with van der Waals surface area (Å²) in [6, 6.07) is 19.2. The molecule has 0 aliphatic carbocycles. The van der Waals surface area contributed by atoms with E-state index in [9.17, 15) is 57.8 Å². The van der Waals surface area contributed by atoms with E-state index in [4.69, 9.17) is 0 Å². The third kappa shape index (κ3) is 8.46. The van der Waals surface area contributed by atoms with Crippen LogP contribution in [0, 0.1) is 13.8 Å². The van der Waals surface area contributed by atoms with Crippen molar-refractivity contribution in [3.8, 4) is 11.5 Å². The fourth-order valence-electron chi connectivity index (χ4n) is 5.96. The van der Waals surface area contributed by atoms with Crippen LogP contribution in [-0.2, 0) is 40.3 Å². The van der Waals surface area contributed by atoms with Crippen LogP contribution in [-0.4, -0.2) is 59.0 Å². The Bertz CT molecular complexity index is 2880. The number of rotatable bonds is 10.